The number of hydrogen-bond donors (Lipinski definition) is 1. The van der Waals surface area contributed by atoms with Crippen molar-refractivity contribution in [3.8, 4) is 0 Å². The first-order valence-electron chi connectivity index (χ1n) is 6.67. The topological polar surface area (TPSA) is 91.8 Å². The Morgan fingerprint density at radius 3 is 2.30 bits per heavy atom. The fourth-order valence-electron chi connectivity index (χ4n) is 2.88. The maximum atomic E-state index is 12.4. The van der Waals surface area contributed by atoms with Crippen molar-refractivity contribution < 1.29 is 23.1 Å². The average molecular weight is 301 g/mol. The smallest absolute Gasteiger partial charge is 0.307 e. The molecule has 0 aromatic heterocycles. The van der Waals surface area contributed by atoms with Crippen LogP contribution in [0.3, 0.4) is 0 Å². The predicted molar refractivity (Wildman–Crippen MR) is 72.8 cm³/mol. The molecule has 2 rings (SSSR count). The lowest BCUT2D eigenvalue weighted by atomic mass is 9.82. The van der Waals surface area contributed by atoms with Gasteiger partial charge in [-0.1, -0.05) is 12.2 Å². The highest BCUT2D eigenvalue weighted by Crippen LogP contribution is 2.29. The van der Waals surface area contributed by atoms with Crippen LogP contribution in [0.4, 0.5) is 0 Å². The van der Waals surface area contributed by atoms with Crippen molar-refractivity contribution in [2.75, 3.05) is 18.6 Å². The van der Waals surface area contributed by atoms with Gasteiger partial charge in [0.1, 0.15) is 0 Å². The summed E-state index contributed by atoms with van der Waals surface area (Å²) in [6, 6.07) is -0.326. The molecule has 1 fully saturated rings. The average Bonchev–Trinajstić information content (AvgIpc) is 2.77. The molecular formula is C13H19NO5S. The molecule has 0 spiro atoms. The molecule has 2 aliphatic rings. The van der Waals surface area contributed by atoms with E-state index in [1.807, 2.05) is 6.08 Å². The van der Waals surface area contributed by atoms with E-state index in [9.17, 15) is 23.1 Å². The van der Waals surface area contributed by atoms with Crippen LogP contribution in [-0.4, -0.2) is 54.9 Å². The van der Waals surface area contributed by atoms with Crippen LogP contribution in [0.2, 0.25) is 0 Å². The van der Waals surface area contributed by atoms with Crippen molar-refractivity contribution in [1.29, 1.82) is 0 Å². The molecule has 0 aromatic carbocycles. The van der Waals surface area contributed by atoms with Gasteiger partial charge in [0, 0.05) is 13.1 Å². The Hall–Kier alpha value is -1.37. The van der Waals surface area contributed by atoms with Gasteiger partial charge in [-0.3, -0.25) is 9.59 Å². The van der Waals surface area contributed by atoms with E-state index in [0.717, 1.165) is 0 Å². The SMILES string of the molecule is CN(C(=O)[C@@H]1CC=CC[C@@H]1C(=O)O)C1CCS(=O)(=O)C1. The van der Waals surface area contributed by atoms with E-state index in [-0.39, 0.29) is 23.5 Å². The number of carbonyl (C=O) groups excluding carboxylic acids is 1. The van der Waals surface area contributed by atoms with Crippen molar-refractivity contribution in [2.45, 2.75) is 25.3 Å². The number of nitrogens with zero attached hydrogens (tertiary/aromatic N) is 1. The number of carboxylic acid groups (broad SMARTS) is 1. The second-order valence-electron chi connectivity index (χ2n) is 5.50. The van der Waals surface area contributed by atoms with Crippen LogP contribution >= 0.6 is 0 Å². The van der Waals surface area contributed by atoms with Gasteiger partial charge in [-0.25, -0.2) is 8.42 Å². The first kappa shape index (κ1) is 15.0. The standard InChI is InChI=1S/C13H19NO5S/c1-14(9-6-7-20(18,19)8-9)12(15)10-4-2-3-5-11(10)13(16)17/h2-3,9-11H,4-8H2,1H3,(H,16,17)/t9?,10-,11+/m1/s1. The second kappa shape index (κ2) is 5.55. The van der Waals surface area contributed by atoms with Crippen LogP contribution in [0.25, 0.3) is 0 Å². The largest absolute Gasteiger partial charge is 0.481 e. The van der Waals surface area contributed by atoms with Crippen LogP contribution in [0.15, 0.2) is 12.2 Å². The number of amides is 1. The fourth-order valence-corrected chi connectivity index (χ4v) is 4.66. The van der Waals surface area contributed by atoms with Gasteiger partial charge >= 0.3 is 5.97 Å². The summed E-state index contributed by atoms with van der Waals surface area (Å²) < 4.78 is 22.9. The highest BCUT2D eigenvalue weighted by atomic mass is 32.2. The van der Waals surface area contributed by atoms with Gasteiger partial charge in [-0.05, 0) is 19.3 Å². The number of rotatable bonds is 3. The van der Waals surface area contributed by atoms with Gasteiger partial charge in [0.15, 0.2) is 9.84 Å². The Morgan fingerprint density at radius 2 is 1.80 bits per heavy atom. The Labute approximate surface area is 118 Å². The normalized spacial score (nSPS) is 31.9. The number of sulfone groups is 1. The second-order valence-corrected chi connectivity index (χ2v) is 7.73. The maximum absolute atomic E-state index is 12.4. The summed E-state index contributed by atoms with van der Waals surface area (Å²) in [4.78, 5) is 25.1. The number of aliphatic carboxylic acids is 1. The minimum atomic E-state index is -3.06. The van der Waals surface area contributed by atoms with E-state index in [4.69, 9.17) is 0 Å². The molecule has 1 unspecified atom stereocenters. The first-order valence-corrected chi connectivity index (χ1v) is 8.49. The monoisotopic (exact) mass is 301 g/mol. The predicted octanol–water partition coefficient (Wildman–Crippen LogP) is 0.299. The van der Waals surface area contributed by atoms with Crippen molar-refractivity contribution in [3.05, 3.63) is 12.2 Å². The summed E-state index contributed by atoms with van der Waals surface area (Å²) in [5, 5.41) is 9.19. The number of allylic oxidation sites excluding steroid dienone is 2. The molecule has 1 N–H and O–H groups in total. The molecule has 1 saturated heterocycles. The third kappa shape index (κ3) is 3.03. The lowest BCUT2D eigenvalue weighted by molar-refractivity contribution is -0.150. The highest BCUT2D eigenvalue weighted by Gasteiger charge is 2.39. The Morgan fingerprint density at radius 1 is 1.20 bits per heavy atom. The van der Waals surface area contributed by atoms with Crippen LogP contribution in [0, 0.1) is 11.8 Å². The molecule has 0 aromatic rings. The van der Waals surface area contributed by atoms with E-state index in [0.29, 0.717) is 19.3 Å². The molecular weight excluding hydrogens is 282 g/mol. The minimum absolute atomic E-state index is 0.0183. The third-order valence-corrected chi connectivity index (χ3v) is 5.92. The molecule has 6 nitrogen and oxygen atoms in total. The number of hydrogen-bond acceptors (Lipinski definition) is 4. The van der Waals surface area contributed by atoms with Gasteiger partial charge in [0.25, 0.3) is 0 Å². The molecule has 20 heavy (non-hydrogen) atoms. The molecule has 1 amide bonds. The summed E-state index contributed by atoms with van der Waals surface area (Å²) in [6.07, 6.45) is 4.79. The summed E-state index contributed by atoms with van der Waals surface area (Å²) in [5.41, 5.74) is 0. The summed E-state index contributed by atoms with van der Waals surface area (Å²) in [7, 11) is -1.48. The molecule has 1 heterocycles. The number of carboxylic acids is 1. The van der Waals surface area contributed by atoms with Gasteiger partial charge in [0.2, 0.25) is 5.91 Å². The molecule has 0 bridgehead atoms. The Bertz CT molecular complexity index is 539. The molecule has 7 heteroatoms. The molecule has 0 saturated carbocycles. The van der Waals surface area contributed by atoms with Crippen LogP contribution in [0.1, 0.15) is 19.3 Å². The lowest BCUT2D eigenvalue weighted by Crippen LogP contribution is -2.45. The molecule has 1 aliphatic heterocycles. The summed E-state index contributed by atoms with van der Waals surface area (Å²) >= 11 is 0. The van der Waals surface area contributed by atoms with Crippen molar-refractivity contribution in [1.82, 2.24) is 4.90 Å². The van der Waals surface area contributed by atoms with Gasteiger partial charge in [0.05, 0.1) is 23.3 Å². The maximum Gasteiger partial charge on any atom is 0.307 e. The van der Waals surface area contributed by atoms with Crippen molar-refractivity contribution >= 4 is 21.7 Å². The van der Waals surface area contributed by atoms with E-state index < -0.39 is 27.6 Å². The lowest BCUT2D eigenvalue weighted by Gasteiger charge is -2.31. The van der Waals surface area contributed by atoms with Gasteiger partial charge in [-0.15, -0.1) is 0 Å². The molecule has 3 atom stereocenters. The van der Waals surface area contributed by atoms with Gasteiger partial charge in [-0.2, -0.15) is 0 Å². The highest BCUT2D eigenvalue weighted by molar-refractivity contribution is 7.91. The zero-order chi connectivity index (χ0) is 14.9. The fraction of sp³-hybridized carbons (Fsp3) is 0.692. The van der Waals surface area contributed by atoms with Crippen LogP contribution < -0.4 is 0 Å². The summed E-state index contributed by atoms with van der Waals surface area (Å²) in [6.45, 7) is 0. The Balaban J connectivity index is 2.10. The molecule has 0 radical (unpaired) electrons. The van der Waals surface area contributed by atoms with E-state index in [2.05, 4.69) is 0 Å². The van der Waals surface area contributed by atoms with Crippen molar-refractivity contribution in [2.24, 2.45) is 11.8 Å². The van der Waals surface area contributed by atoms with Gasteiger partial charge < -0.3 is 10.0 Å². The Kier molecular flexibility index (Phi) is 4.17. The third-order valence-electron chi connectivity index (χ3n) is 4.17. The van der Waals surface area contributed by atoms with Crippen molar-refractivity contribution in [3.63, 3.8) is 0 Å². The van der Waals surface area contributed by atoms with E-state index in [1.54, 1.807) is 13.1 Å². The van der Waals surface area contributed by atoms with E-state index in [1.165, 1.54) is 4.90 Å². The summed E-state index contributed by atoms with van der Waals surface area (Å²) in [5.74, 6) is -2.46. The molecule has 112 valence electrons. The first-order chi connectivity index (χ1) is 9.32. The van der Waals surface area contributed by atoms with Crippen LogP contribution in [0.5, 0.6) is 0 Å². The number of carbonyl (C=O) groups is 2. The zero-order valence-corrected chi connectivity index (χ0v) is 12.2. The molecule has 1 aliphatic carbocycles. The minimum Gasteiger partial charge on any atom is -0.481 e. The van der Waals surface area contributed by atoms with E-state index >= 15 is 0 Å². The zero-order valence-electron chi connectivity index (χ0n) is 11.4. The quantitative estimate of drug-likeness (QED) is 0.757. The van der Waals surface area contributed by atoms with Crippen LogP contribution in [-0.2, 0) is 19.4 Å².